The molecule has 1 rings (SSSR count). The lowest BCUT2D eigenvalue weighted by Crippen LogP contribution is -2.35. The fourth-order valence-corrected chi connectivity index (χ4v) is 2.27. The summed E-state index contributed by atoms with van der Waals surface area (Å²) in [5.41, 5.74) is 7.22. The quantitative estimate of drug-likeness (QED) is 0.900. The molecular weight excluding hydrogens is 240 g/mol. The number of likely N-dealkylation sites (N-methyl/N-ethyl adjacent to an activating group) is 1. The third-order valence-corrected chi connectivity index (χ3v) is 3.00. The van der Waals surface area contributed by atoms with Crippen LogP contribution in [0, 0.1) is 0 Å². The van der Waals surface area contributed by atoms with Crippen LogP contribution in [-0.4, -0.2) is 25.0 Å². The molecule has 78 valence electrons. The number of nitrogens with zero attached hydrogens (tertiary/aromatic N) is 1. The van der Waals surface area contributed by atoms with Gasteiger partial charge < -0.3 is 10.6 Å². The highest BCUT2D eigenvalue weighted by Gasteiger charge is 2.20. The third kappa shape index (κ3) is 2.56. The highest BCUT2D eigenvalue weighted by Crippen LogP contribution is 2.27. The van der Waals surface area contributed by atoms with Gasteiger partial charge in [0.1, 0.15) is 0 Å². The molecule has 0 aliphatic heterocycles. The predicted molar refractivity (Wildman–Crippen MR) is 64.2 cm³/mol. The molecule has 0 bridgehead atoms. The summed E-state index contributed by atoms with van der Waals surface area (Å²) in [6, 6.07) is 8.58. The molecule has 0 amide bonds. The molecule has 2 unspecified atom stereocenters. The maximum atomic E-state index is 5.98. The first-order chi connectivity index (χ1) is 6.54. The van der Waals surface area contributed by atoms with E-state index in [0.29, 0.717) is 0 Å². The Morgan fingerprint density at radius 3 is 2.29 bits per heavy atom. The molecule has 0 saturated heterocycles. The molecular formula is C11H17BrN2. The molecule has 1 aromatic rings. The smallest absolute Gasteiger partial charge is 0.0502 e. The van der Waals surface area contributed by atoms with Crippen molar-refractivity contribution in [2.24, 2.45) is 5.73 Å². The number of hydrogen-bond acceptors (Lipinski definition) is 2. The number of rotatable bonds is 3. The summed E-state index contributed by atoms with van der Waals surface area (Å²) >= 11 is 3.55. The lowest BCUT2D eigenvalue weighted by Gasteiger charge is -2.28. The molecule has 1 aromatic carbocycles. The lowest BCUT2D eigenvalue weighted by atomic mass is 10.0. The fourth-order valence-electron chi connectivity index (χ4n) is 1.75. The van der Waals surface area contributed by atoms with E-state index in [-0.39, 0.29) is 12.1 Å². The number of halogens is 1. The summed E-state index contributed by atoms with van der Waals surface area (Å²) in [5.74, 6) is 0. The summed E-state index contributed by atoms with van der Waals surface area (Å²) in [7, 11) is 4.10. The molecule has 0 aromatic heterocycles. The zero-order valence-corrected chi connectivity index (χ0v) is 10.5. The number of nitrogens with two attached hydrogens (primary N) is 1. The van der Waals surface area contributed by atoms with Crippen LogP contribution in [0.1, 0.15) is 18.5 Å². The molecule has 0 heterocycles. The van der Waals surface area contributed by atoms with Crippen molar-refractivity contribution in [1.29, 1.82) is 0 Å². The molecule has 0 fully saturated rings. The summed E-state index contributed by atoms with van der Waals surface area (Å²) in [6.07, 6.45) is 0. The van der Waals surface area contributed by atoms with E-state index in [2.05, 4.69) is 26.9 Å². The van der Waals surface area contributed by atoms with E-state index < -0.39 is 0 Å². The van der Waals surface area contributed by atoms with Crippen molar-refractivity contribution in [3.63, 3.8) is 0 Å². The Balaban J connectivity index is 3.05. The standard InChI is InChI=1S/C11H17BrN2/c1-8(13)11(14(2)3)9-6-4-5-7-10(9)12/h4-8,11H,13H2,1-3H3. The van der Waals surface area contributed by atoms with E-state index in [0.717, 1.165) is 4.47 Å². The minimum Gasteiger partial charge on any atom is -0.326 e. The van der Waals surface area contributed by atoms with Crippen LogP contribution < -0.4 is 5.73 Å². The average Bonchev–Trinajstić information content (AvgIpc) is 2.07. The van der Waals surface area contributed by atoms with Gasteiger partial charge in [0.15, 0.2) is 0 Å². The first-order valence-corrected chi connectivity index (χ1v) is 5.49. The SMILES string of the molecule is CC(N)C(c1ccccc1Br)N(C)C. The Kier molecular flexibility index (Phi) is 4.11. The lowest BCUT2D eigenvalue weighted by molar-refractivity contribution is 0.265. The zero-order chi connectivity index (χ0) is 10.7. The minimum absolute atomic E-state index is 0.115. The van der Waals surface area contributed by atoms with Crippen LogP contribution in [0.5, 0.6) is 0 Å². The second-order valence-corrected chi connectivity index (χ2v) is 4.64. The monoisotopic (exact) mass is 256 g/mol. The van der Waals surface area contributed by atoms with Crippen molar-refractivity contribution in [3.05, 3.63) is 34.3 Å². The molecule has 0 saturated carbocycles. The van der Waals surface area contributed by atoms with E-state index in [1.54, 1.807) is 0 Å². The van der Waals surface area contributed by atoms with Gasteiger partial charge in [-0.15, -0.1) is 0 Å². The molecule has 14 heavy (non-hydrogen) atoms. The van der Waals surface area contributed by atoms with E-state index in [1.807, 2.05) is 39.2 Å². The van der Waals surface area contributed by atoms with Gasteiger partial charge in [0, 0.05) is 10.5 Å². The Hall–Kier alpha value is -0.380. The van der Waals surface area contributed by atoms with Crippen LogP contribution >= 0.6 is 15.9 Å². The first kappa shape index (κ1) is 11.7. The summed E-state index contributed by atoms with van der Waals surface area (Å²) < 4.78 is 1.12. The molecule has 0 spiro atoms. The van der Waals surface area contributed by atoms with Gasteiger partial charge in [-0.1, -0.05) is 34.1 Å². The third-order valence-electron chi connectivity index (χ3n) is 2.28. The Morgan fingerprint density at radius 1 is 1.29 bits per heavy atom. The van der Waals surface area contributed by atoms with Crippen molar-refractivity contribution in [2.75, 3.05) is 14.1 Å². The molecule has 0 aliphatic carbocycles. The second-order valence-electron chi connectivity index (χ2n) is 3.79. The number of hydrogen-bond donors (Lipinski definition) is 1. The summed E-state index contributed by atoms with van der Waals surface area (Å²) in [6.45, 7) is 2.03. The van der Waals surface area contributed by atoms with Gasteiger partial charge in [0.2, 0.25) is 0 Å². The summed E-state index contributed by atoms with van der Waals surface area (Å²) in [5, 5.41) is 0. The fraction of sp³-hybridized carbons (Fsp3) is 0.455. The largest absolute Gasteiger partial charge is 0.326 e. The summed E-state index contributed by atoms with van der Waals surface area (Å²) in [4.78, 5) is 2.14. The zero-order valence-electron chi connectivity index (χ0n) is 8.87. The van der Waals surface area contributed by atoms with Crippen molar-refractivity contribution in [1.82, 2.24) is 4.90 Å². The van der Waals surface area contributed by atoms with E-state index in [9.17, 15) is 0 Å². The van der Waals surface area contributed by atoms with Crippen LogP contribution in [0.4, 0.5) is 0 Å². The van der Waals surface area contributed by atoms with Gasteiger partial charge >= 0.3 is 0 Å². The second kappa shape index (κ2) is 4.91. The molecule has 2 nitrogen and oxygen atoms in total. The van der Waals surface area contributed by atoms with Crippen molar-refractivity contribution in [2.45, 2.75) is 19.0 Å². The topological polar surface area (TPSA) is 29.3 Å². The van der Waals surface area contributed by atoms with Gasteiger partial charge in [-0.25, -0.2) is 0 Å². The van der Waals surface area contributed by atoms with E-state index in [4.69, 9.17) is 5.73 Å². The van der Waals surface area contributed by atoms with Crippen molar-refractivity contribution in [3.8, 4) is 0 Å². The molecule has 0 aliphatic rings. The molecule has 0 radical (unpaired) electrons. The highest BCUT2D eigenvalue weighted by atomic mass is 79.9. The van der Waals surface area contributed by atoms with Gasteiger partial charge in [0.25, 0.3) is 0 Å². The average molecular weight is 257 g/mol. The van der Waals surface area contributed by atoms with Gasteiger partial charge in [-0.05, 0) is 32.6 Å². The van der Waals surface area contributed by atoms with Gasteiger partial charge in [-0.2, -0.15) is 0 Å². The predicted octanol–water partition coefficient (Wildman–Crippen LogP) is 2.40. The Labute approximate surface area is 94.2 Å². The van der Waals surface area contributed by atoms with Crippen molar-refractivity contribution >= 4 is 15.9 Å². The first-order valence-electron chi connectivity index (χ1n) is 4.70. The molecule has 2 atom stereocenters. The van der Waals surface area contributed by atoms with Crippen molar-refractivity contribution < 1.29 is 0 Å². The van der Waals surface area contributed by atoms with Crippen LogP contribution in [-0.2, 0) is 0 Å². The van der Waals surface area contributed by atoms with Crippen LogP contribution in [0.3, 0.4) is 0 Å². The number of benzene rings is 1. The van der Waals surface area contributed by atoms with Gasteiger partial charge in [0.05, 0.1) is 6.04 Å². The Morgan fingerprint density at radius 2 is 1.86 bits per heavy atom. The maximum Gasteiger partial charge on any atom is 0.0502 e. The molecule has 2 N–H and O–H groups in total. The van der Waals surface area contributed by atoms with Crippen LogP contribution in [0.2, 0.25) is 0 Å². The minimum atomic E-state index is 0.115. The van der Waals surface area contributed by atoms with Crippen LogP contribution in [0.25, 0.3) is 0 Å². The normalized spacial score (nSPS) is 15.6. The maximum absolute atomic E-state index is 5.98. The van der Waals surface area contributed by atoms with E-state index >= 15 is 0 Å². The van der Waals surface area contributed by atoms with E-state index in [1.165, 1.54) is 5.56 Å². The highest BCUT2D eigenvalue weighted by molar-refractivity contribution is 9.10. The Bertz CT molecular complexity index is 289. The molecule has 3 heteroatoms. The van der Waals surface area contributed by atoms with Crippen LogP contribution in [0.15, 0.2) is 28.7 Å². The van der Waals surface area contributed by atoms with Gasteiger partial charge in [-0.3, -0.25) is 0 Å².